The van der Waals surface area contributed by atoms with Crippen LogP contribution in [0.2, 0.25) is 5.02 Å². The van der Waals surface area contributed by atoms with Gasteiger partial charge >= 0.3 is 6.36 Å². The standard InChI is InChI=1S/C20H15ClF4N2O4/c1-10-16(18(27-31-10)17-13(21)3-2-4-14(17)22)19(29)26-9-15(28)11-5-7-12(8-6-11)30-20(23,24)25/h2-8,15,28H,9H2,1H3,(H,26,29). The number of aryl methyl sites for hydroxylation is 1. The van der Waals surface area contributed by atoms with Crippen LogP contribution in [0.5, 0.6) is 5.75 Å². The summed E-state index contributed by atoms with van der Waals surface area (Å²) in [7, 11) is 0. The molecule has 1 atom stereocenters. The summed E-state index contributed by atoms with van der Waals surface area (Å²) < 4.78 is 59.7. The van der Waals surface area contributed by atoms with Crippen molar-refractivity contribution in [2.24, 2.45) is 0 Å². The highest BCUT2D eigenvalue weighted by Crippen LogP contribution is 2.33. The first kappa shape index (κ1) is 22.6. The first-order chi connectivity index (χ1) is 14.6. The largest absolute Gasteiger partial charge is 0.573 e. The van der Waals surface area contributed by atoms with E-state index in [-0.39, 0.29) is 39.7 Å². The molecule has 1 unspecified atom stereocenters. The number of aliphatic hydroxyl groups excluding tert-OH is 1. The van der Waals surface area contributed by atoms with Gasteiger partial charge in [-0.3, -0.25) is 4.79 Å². The number of aromatic nitrogens is 1. The third-order valence-corrected chi connectivity index (χ3v) is 4.56. The van der Waals surface area contributed by atoms with Crippen LogP contribution in [0.1, 0.15) is 27.8 Å². The maximum atomic E-state index is 14.2. The number of nitrogens with one attached hydrogen (secondary N) is 1. The van der Waals surface area contributed by atoms with Gasteiger partial charge in [-0.15, -0.1) is 13.2 Å². The Morgan fingerprint density at radius 2 is 1.94 bits per heavy atom. The molecule has 0 saturated carbocycles. The minimum absolute atomic E-state index is 0.0311. The number of amides is 1. The van der Waals surface area contributed by atoms with E-state index < -0.39 is 29.9 Å². The summed E-state index contributed by atoms with van der Waals surface area (Å²) in [6.45, 7) is 1.17. The van der Waals surface area contributed by atoms with E-state index in [4.69, 9.17) is 16.1 Å². The van der Waals surface area contributed by atoms with Gasteiger partial charge in [0.2, 0.25) is 0 Å². The van der Waals surface area contributed by atoms with Crippen LogP contribution in [0, 0.1) is 12.7 Å². The van der Waals surface area contributed by atoms with Crippen molar-refractivity contribution in [1.82, 2.24) is 10.5 Å². The van der Waals surface area contributed by atoms with Crippen molar-refractivity contribution in [3.8, 4) is 17.0 Å². The second-order valence-electron chi connectivity index (χ2n) is 6.40. The zero-order valence-corrected chi connectivity index (χ0v) is 16.6. The molecule has 0 radical (unpaired) electrons. The lowest BCUT2D eigenvalue weighted by Gasteiger charge is -2.14. The first-order valence-corrected chi connectivity index (χ1v) is 9.17. The third kappa shape index (κ3) is 5.33. The van der Waals surface area contributed by atoms with Gasteiger partial charge < -0.3 is 19.7 Å². The number of hydrogen-bond donors (Lipinski definition) is 2. The molecule has 2 aromatic carbocycles. The molecule has 0 spiro atoms. The van der Waals surface area contributed by atoms with Crippen LogP contribution in [0.15, 0.2) is 47.0 Å². The number of carbonyl (C=O) groups is 1. The highest BCUT2D eigenvalue weighted by atomic mass is 35.5. The van der Waals surface area contributed by atoms with Gasteiger partial charge in [0.05, 0.1) is 16.7 Å². The smallest absolute Gasteiger partial charge is 0.406 e. The zero-order valence-electron chi connectivity index (χ0n) is 15.8. The highest BCUT2D eigenvalue weighted by Gasteiger charge is 2.31. The normalized spacial score (nSPS) is 12.5. The summed E-state index contributed by atoms with van der Waals surface area (Å²) >= 11 is 6.04. The van der Waals surface area contributed by atoms with Crippen LogP contribution in [-0.2, 0) is 0 Å². The Bertz CT molecular complexity index is 1060. The van der Waals surface area contributed by atoms with E-state index in [0.717, 1.165) is 18.2 Å². The Morgan fingerprint density at radius 3 is 2.55 bits per heavy atom. The number of hydrogen-bond acceptors (Lipinski definition) is 5. The van der Waals surface area contributed by atoms with E-state index in [9.17, 15) is 27.5 Å². The maximum absolute atomic E-state index is 14.2. The number of carbonyl (C=O) groups excluding carboxylic acids is 1. The molecule has 6 nitrogen and oxygen atoms in total. The lowest BCUT2D eigenvalue weighted by Crippen LogP contribution is -2.29. The molecule has 0 aliphatic rings. The number of nitrogens with zero attached hydrogens (tertiary/aromatic N) is 1. The van der Waals surface area contributed by atoms with E-state index in [1.165, 1.54) is 31.2 Å². The van der Waals surface area contributed by atoms with Crippen LogP contribution in [0.4, 0.5) is 17.6 Å². The molecule has 0 aliphatic heterocycles. The predicted molar refractivity (Wildman–Crippen MR) is 102 cm³/mol. The lowest BCUT2D eigenvalue weighted by molar-refractivity contribution is -0.274. The van der Waals surface area contributed by atoms with Crippen LogP contribution in [0.25, 0.3) is 11.3 Å². The van der Waals surface area contributed by atoms with E-state index in [0.29, 0.717) is 0 Å². The molecule has 0 fully saturated rings. The first-order valence-electron chi connectivity index (χ1n) is 8.79. The molecule has 3 rings (SSSR count). The maximum Gasteiger partial charge on any atom is 0.573 e. The summed E-state index contributed by atoms with van der Waals surface area (Å²) in [5, 5.41) is 16.5. The minimum atomic E-state index is -4.83. The average molecular weight is 459 g/mol. The number of alkyl halides is 3. The molecule has 1 amide bonds. The Balaban J connectivity index is 1.73. The minimum Gasteiger partial charge on any atom is -0.406 e. The van der Waals surface area contributed by atoms with Gasteiger partial charge in [-0.25, -0.2) is 4.39 Å². The van der Waals surface area contributed by atoms with Crippen molar-refractivity contribution in [2.75, 3.05) is 6.54 Å². The van der Waals surface area contributed by atoms with Crippen LogP contribution in [0.3, 0.4) is 0 Å². The molecule has 3 aromatic rings. The molecule has 2 N–H and O–H groups in total. The topological polar surface area (TPSA) is 84.6 Å². The number of halogens is 5. The van der Waals surface area contributed by atoms with Crippen molar-refractivity contribution in [1.29, 1.82) is 0 Å². The van der Waals surface area contributed by atoms with Crippen LogP contribution >= 0.6 is 11.6 Å². The molecule has 164 valence electrons. The van der Waals surface area contributed by atoms with Crippen LogP contribution in [-0.4, -0.2) is 29.1 Å². The van der Waals surface area contributed by atoms with Crippen molar-refractivity contribution in [3.05, 3.63) is 70.2 Å². The fourth-order valence-corrected chi connectivity index (χ4v) is 3.07. The number of benzene rings is 2. The van der Waals surface area contributed by atoms with Gasteiger partial charge in [-0.1, -0.05) is 35.0 Å². The quantitative estimate of drug-likeness (QED) is 0.518. The SMILES string of the molecule is Cc1onc(-c2c(F)cccc2Cl)c1C(=O)NCC(O)c1ccc(OC(F)(F)F)cc1. The molecular weight excluding hydrogens is 444 g/mol. The number of aliphatic hydroxyl groups is 1. The molecule has 0 bridgehead atoms. The Hall–Kier alpha value is -3.11. The Kier molecular flexibility index (Phi) is 6.51. The summed E-state index contributed by atoms with van der Waals surface area (Å²) in [6, 6.07) is 8.52. The van der Waals surface area contributed by atoms with Gasteiger partial charge in [0.25, 0.3) is 5.91 Å². The number of ether oxygens (including phenoxy) is 1. The fourth-order valence-electron chi connectivity index (χ4n) is 2.82. The molecule has 0 aliphatic carbocycles. The van der Waals surface area contributed by atoms with Gasteiger partial charge in [0, 0.05) is 6.54 Å². The van der Waals surface area contributed by atoms with E-state index in [1.807, 2.05) is 0 Å². The summed E-state index contributed by atoms with van der Waals surface area (Å²) in [4.78, 5) is 12.7. The lowest BCUT2D eigenvalue weighted by atomic mass is 10.0. The predicted octanol–water partition coefficient (Wildman–Crippen LogP) is 4.80. The number of rotatable bonds is 6. The second kappa shape index (κ2) is 8.94. The summed E-state index contributed by atoms with van der Waals surface area (Å²) in [6.07, 6.45) is -6.06. The zero-order chi connectivity index (χ0) is 22.8. The average Bonchev–Trinajstić information content (AvgIpc) is 3.06. The van der Waals surface area contributed by atoms with Crippen molar-refractivity contribution in [2.45, 2.75) is 19.4 Å². The van der Waals surface area contributed by atoms with E-state index >= 15 is 0 Å². The Labute approximate surface area is 178 Å². The molecule has 1 aromatic heterocycles. The third-order valence-electron chi connectivity index (χ3n) is 4.24. The molecular formula is C20H15ClF4N2O4. The monoisotopic (exact) mass is 458 g/mol. The van der Waals surface area contributed by atoms with E-state index in [1.54, 1.807) is 0 Å². The summed E-state index contributed by atoms with van der Waals surface area (Å²) in [5.74, 6) is -1.74. The highest BCUT2D eigenvalue weighted by molar-refractivity contribution is 6.33. The molecule has 11 heteroatoms. The molecule has 0 saturated heterocycles. The van der Waals surface area contributed by atoms with Crippen molar-refractivity contribution < 1.29 is 36.7 Å². The fraction of sp³-hybridized carbons (Fsp3) is 0.200. The van der Waals surface area contributed by atoms with Crippen LogP contribution < -0.4 is 10.1 Å². The van der Waals surface area contributed by atoms with Gasteiger partial charge in [0.1, 0.15) is 28.6 Å². The molecule has 31 heavy (non-hydrogen) atoms. The van der Waals surface area contributed by atoms with Crippen molar-refractivity contribution >= 4 is 17.5 Å². The van der Waals surface area contributed by atoms with E-state index in [2.05, 4.69) is 15.2 Å². The van der Waals surface area contributed by atoms with Gasteiger partial charge in [-0.05, 0) is 36.8 Å². The second-order valence-corrected chi connectivity index (χ2v) is 6.81. The molecule has 1 heterocycles. The van der Waals surface area contributed by atoms with Gasteiger partial charge in [0.15, 0.2) is 0 Å². The van der Waals surface area contributed by atoms with Gasteiger partial charge in [-0.2, -0.15) is 0 Å². The summed E-state index contributed by atoms with van der Waals surface area (Å²) in [5.41, 5.74) is -0.0180. The van der Waals surface area contributed by atoms with Crippen molar-refractivity contribution in [3.63, 3.8) is 0 Å². The Morgan fingerprint density at radius 1 is 1.26 bits per heavy atom.